The lowest BCUT2D eigenvalue weighted by Gasteiger charge is -2.19. The van der Waals surface area contributed by atoms with Crippen LogP contribution in [0.3, 0.4) is 0 Å². The molecule has 0 bridgehead atoms. The van der Waals surface area contributed by atoms with Crippen LogP contribution in [0.5, 0.6) is 0 Å². The molecule has 2 heterocycles. The number of nitrogens with zero attached hydrogens (tertiary/aromatic N) is 1. The Morgan fingerprint density at radius 3 is 3.12 bits per heavy atom. The fraction of sp³-hybridized carbons (Fsp3) is 0.750. The van der Waals surface area contributed by atoms with E-state index in [4.69, 9.17) is 0 Å². The maximum atomic E-state index is 9.31. The van der Waals surface area contributed by atoms with E-state index >= 15 is 0 Å². The number of hydrogen-bond acceptors (Lipinski definition) is 4. The molecule has 0 amide bonds. The number of thioether (sulfide) groups is 1. The van der Waals surface area contributed by atoms with E-state index in [0.717, 1.165) is 18.1 Å². The largest absolute Gasteiger partial charge is 0.393 e. The van der Waals surface area contributed by atoms with Gasteiger partial charge in [-0.1, -0.05) is 6.42 Å². The van der Waals surface area contributed by atoms with Gasteiger partial charge in [0, 0.05) is 29.2 Å². The number of aliphatic hydroxyl groups excluding tert-OH is 1. The van der Waals surface area contributed by atoms with Crippen molar-refractivity contribution in [3.05, 3.63) is 16.1 Å². The molecule has 2 nitrogen and oxygen atoms in total. The van der Waals surface area contributed by atoms with Crippen LogP contribution in [-0.2, 0) is 12.8 Å². The average molecular weight is 257 g/mol. The number of hydrogen-bond donors (Lipinski definition) is 1. The minimum absolute atomic E-state index is 0.252. The summed E-state index contributed by atoms with van der Waals surface area (Å²) in [7, 11) is 0. The number of aromatic nitrogens is 1. The molecule has 0 aliphatic carbocycles. The van der Waals surface area contributed by atoms with Gasteiger partial charge in [-0.05, 0) is 25.5 Å². The monoisotopic (exact) mass is 257 g/mol. The molecular formula is C12H19NOS2. The Hall–Kier alpha value is -0.0600. The molecule has 2 atom stereocenters. The van der Waals surface area contributed by atoms with Gasteiger partial charge in [0.25, 0.3) is 0 Å². The summed E-state index contributed by atoms with van der Waals surface area (Å²) in [6.07, 6.45) is 7.65. The van der Waals surface area contributed by atoms with Gasteiger partial charge >= 0.3 is 0 Å². The summed E-state index contributed by atoms with van der Waals surface area (Å²) in [5.74, 6) is 1.32. The first-order valence-corrected chi connectivity index (χ1v) is 7.84. The van der Waals surface area contributed by atoms with Gasteiger partial charge in [-0.3, -0.25) is 0 Å². The normalized spacial score (nSPS) is 23.2. The predicted octanol–water partition coefficient (Wildman–Crippen LogP) is 2.89. The highest BCUT2D eigenvalue weighted by Gasteiger charge is 2.16. The van der Waals surface area contributed by atoms with Crippen LogP contribution < -0.4 is 0 Å². The Kier molecular flexibility index (Phi) is 4.67. The molecule has 0 radical (unpaired) electrons. The zero-order valence-corrected chi connectivity index (χ0v) is 11.3. The SMILES string of the molecule is CC(O)Cc1cnc(CC2CCCCS2)s1. The Morgan fingerprint density at radius 2 is 2.44 bits per heavy atom. The van der Waals surface area contributed by atoms with Crippen molar-refractivity contribution in [2.45, 2.75) is 50.4 Å². The second-order valence-electron chi connectivity index (χ2n) is 4.47. The summed E-state index contributed by atoms with van der Waals surface area (Å²) in [5, 5.41) is 11.3. The third kappa shape index (κ3) is 3.75. The maximum absolute atomic E-state index is 9.31. The third-order valence-electron chi connectivity index (χ3n) is 2.77. The summed E-state index contributed by atoms with van der Waals surface area (Å²) in [4.78, 5) is 5.67. The van der Waals surface area contributed by atoms with E-state index in [0.29, 0.717) is 0 Å². The van der Waals surface area contributed by atoms with Crippen molar-refractivity contribution >= 4 is 23.1 Å². The van der Waals surface area contributed by atoms with Crippen molar-refractivity contribution < 1.29 is 5.11 Å². The first-order valence-electron chi connectivity index (χ1n) is 5.97. The van der Waals surface area contributed by atoms with Gasteiger partial charge in [0.1, 0.15) is 0 Å². The highest BCUT2D eigenvalue weighted by molar-refractivity contribution is 7.99. The molecule has 16 heavy (non-hydrogen) atoms. The Labute approximate surface area is 105 Å². The molecule has 0 saturated carbocycles. The summed E-state index contributed by atoms with van der Waals surface area (Å²) in [6, 6.07) is 0. The Balaban J connectivity index is 1.86. The lowest BCUT2D eigenvalue weighted by atomic mass is 10.1. The van der Waals surface area contributed by atoms with Crippen LogP contribution in [0.2, 0.25) is 0 Å². The molecule has 2 rings (SSSR count). The molecule has 1 aliphatic heterocycles. The van der Waals surface area contributed by atoms with Crippen LogP contribution in [-0.4, -0.2) is 27.2 Å². The quantitative estimate of drug-likeness (QED) is 0.900. The topological polar surface area (TPSA) is 33.1 Å². The minimum Gasteiger partial charge on any atom is -0.393 e. The third-order valence-corrected chi connectivity index (χ3v) is 5.21. The van der Waals surface area contributed by atoms with Gasteiger partial charge in [-0.25, -0.2) is 4.98 Å². The van der Waals surface area contributed by atoms with E-state index in [1.54, 1.807) is 11.3 Å². The zero-order valence-electron chi connectivity index (χ0n) is 9.69. The summed E-state index contributed by atoms with van der Waals surface area (Å²) in [6.45, 7) is 1.83. The molecule has 1 aliphatic rings. The number of thiazole rings is 1. The highest BCUT2D eigenvalue weighted by Crippen LogP contribution is 2.29. The average Bonchev–Trinajstić information content (AvgIpc) is 2.66. The Morgan fingerprint density at radius 1 is 1.56 bits per heavy atom. The molecule has 1 N–H and O–H groups in total. The lowest BCUT2D eigenvalue weighted by molar-refractivity contribution is 0.196. The van der Waals surface area contributed by atoms with Gasteiger partial charge in [-0.15, -0.1) is 11.3 Å². The second kappa shape index (κ2) is 6.03. The van der Waals surface area contributed by atoms with Gasteiger partial charge in [0.05, 0.1) is 11.1 Å². The molecular weight excluding hydrogens is 238 g/mol. The van der Waals surface area contributed by atoms with Crippen LogP contribution in [0.15, 0.2) is 6.20 Å². The van der Waals surface area contributed by atoms with Crippen LogP contribution in [0, 0.1) is 0 Å². The van der Waals surface area contributed by atoms with Crippen molar-refractivity contribution in [1.82, 2.24) is 4.98 Å². The van der Waals surface area contributed by atoms with E-state index in [9.17, 15) is 5.11 Å². The van der Waals surface area contributed by atoms with Crippen molar-refractivity contribution in [2.24, 2.45) is 0 Å². The van der Waals surface area contributed by atoms with Crippen LogP contribution in [0.4, 0.5) is 0 Å². The predicted molar refractivity (Wildman–Crippen MR) is 71.3 cm³/mol. The van der Waals surface area contributed by atoms with Gasteiger partial charge in [-0.2, -0.15) is 11.8 Å². The standard InChI is InChI=1S/C12H19NOS2/c1-9(14)6-11-8-13-12(16-11)7-10-4-2-3-5-15-10/h8-10,14H,2-7H2,1H3. The van der Waals surface area contributed by atoms with Crippen LogP contribution in [0.1, 0.15) is 36.1 Å². The fourth-order valence-electron chi connectivity index (χ4n) is 1.99. The molecule has 1 fully saturated rings. The van der Waals surface area contributed by atoms with Gasteiger partial charge in [0.15, 0.2) is 0 Å². The molecule has 1 saturated heterocycles. The van der Waals surface area contributed by atoms with E-state index in [1.165, 1.54) is 34.9 Å². The number of aliphatic hydroxyl groups is 1. The van der Waals surface area contributed by atoms with Gasteiger partial charge < -0.3 is 5.11 Å². The van der Waals surface area contributed by atoms with Gasteiger partial charge in [0.2, 0.25) is 0 Å². The fourth-order valence-corrected chi connectivity index (χ4v) is 4.53. The Bertz CT molecular complexity index is 319. The summed E-state index contributed by atoms with van der Waals surface area (Å²) < 4.78 is 0. The van der Waals surface area contributed by atoms with Crippen LogP contribution in [0.25, 0.3) is 0 Å². The maximum Gasteiger partial charge on any atom is 0.0938 e. The first-order chi connectivity index (χ1) is 7.74. The van der Waals surface area contributed by atoms with E-state index in [1.807, 2.05) is 13.1 Å². The molecule has 2 unspecified atom stereocenters. The van der Waals surface area contributed by atoms with E-state index < -0.39 is 0 Å². The number of rotatable bonds is 4. The van der Waals surface area contributed by atoms with Crippen molar-refractivity contribution in [1.29, 1.82) is 0 Å². The molecule has 90 valence electrons. The summed E-state index contributed by atoms with van der Waals surface area (Å²) in [5.41, 5.74) is 0. The van der Waals surface area contributed by atoms with Crippen molar-refractivity contribution in [2.75, 3.05) is 5.75 Å². The zero-order chi connectivity index (χ0) is 11.4. The molecule has 4 heteroatoms. The minimum atomic E-state index is -0.252. The van der Waals surface area contributed by atoms with E-state index in [-0.39, 0.29) is 6.10 Å². The first kappa shape index (κ1) is 12.4. The molecule has 0 aromatic carbocycles. The molecule has 1 aromatic rings. The molecule has 1 aromatic heterocycles. The van der Waals surface area contributed by atoms with E-state index in [2.05, 4.69) is 16.7 Å². The van der Waals surface area contributed by atoms with Crippen LogP contribution >= 0.6 is 23.1 Å². The second-order valence-corrected chi connectivity index (χ2v) is 7.07. The molecule has 0 spiro atoms. The lowest BCUT2D eigenvalue weighted by Crippen LogP contribution is -2.12. The smallest absolute Gasteiger partial charge is 0.0938 e. The summed E-state index contributed by atoms with van der Waals surface area (Å²) >= 11 is 3.87. The highest BCUT2D eigenvalue weighted by atomic mass is 32.2. The van der Waals surface area contributed by atoms with Crippen molar-refractivity contribution in [3.8, 4) is 0 Å². The van der Waals surface area contributed by atoms with Crippen molar-refractivity contribution in [3.63, 3.8) is 0 Å².